The largest absolute Gasteiger partial charge is 0.335 e. The molecule has 1 aromatic heterocycles. The molecule has 0 bridgehead atoms. The van der Waals surface area contributed by atoms with E-state index in [1.807, 2.05) is 19.1 Å². The van der Waals surface area contributed by atoms with Gasteiger partial charge in [-0.1, -0.05) is 6.08 Å². The number of rotatable bonds is 1. The molecule has 0 fully saturated rings. The van der Waals surface area contributed by atoms with Crippen molar-refractivity contribution < 1.29 is 0 Å². The van der Waals surface area contributed by atoms with E-state index in [2.05, 4.69) is 9.97 Å². The maximum absolute atomic E-state index is 5.50. The maximum atomic E-state index is 5.50. The van der Waals surface area contributed by atoms with Crippen molar-refractivity contribution in [3.63, 3.8) is 0 Å². The smallest absolute Gasteiger partial charge is 0.200 e. The summed E-state index contributed by atoms with van der Waals surface area (Å²) in [7, 11) is 0. The second-order valence-electron chi connectivity index (χ2n) is 1.62. The van der Waals surface area contributed by atoms with Crippen molar-refractivity contribution in [2.75, 3.05) is 0 Å². The van der Waals surface area contributed by atoms with Crippen LogP contribution in [-0.4, -0.2) is 9.97 Å². The van der Waals surface area contributed by atoms with Crippen LogP contribution in [0.4, 0.5) is 0 Å². The number of aromatic nitrogens is 2. The Morgan fingerprint density at radius 3 is 3.00 bits per heavy atom. The highest BCUT2D eigenvalue weighted by atomic mass is 35.5. The first-order chi connectivity index (χ1) is 4.33. The number of halogens is 1. The molecule has 48 valence electrons. The van der Waals surface area contributed by atoms with E-state index in [1.54, 1.807) is 6.20 Å². The Bertz CT molecular complexity index is 215. The van der Waals surface area contributed by atoms with Crippen LogP contribution in [0, 0.1) is 0 Å². The topological polar surface area (TPSA) is 28.7 Å². The Hall–Kier alpha value is -0.760. The van der Waals surface area contributed by atoms with Gasteiger partial charge in [0.2, 0.25) is 5.28 Å². The first-order valence-electron chi connectivity index (χ1n) is 2.66. The van der Waals surface area contributed by atoms with Gasteiger partial charge in [-0.25, -0.2) is 4.98 Å². The summed E-state index contributed by atoms with van der Waals surface area (Å²) in [6.07, 6.45) is 5.54. The van der Waals surface area contributed by atoms with Crippen LogP contribution in [0.25, 0.3) is 6.08 Å². The third kappa shape index (κ3) is 1.57. The minimum Gasteiger partial charge on any atom is -0.335 e. The molecule has 2 nitrogen and oxygen atoms in total. The molecule has 1 aromatic rings. The standard InChI is InChI=1S/C6H7ClN2/c1-2-3-5-4-8-6(7)9-5/h2-4H,1H3,(H,8,9). The molecule has 0 unspecified atom stereocenters. The highest BCUT2D eigenvalue weighted by Crippen LogP contribution is 2.03. The lowest BCUT2D eigenvalue weighted by atomic mass is 10.4. The van der Waals surface area contributed by atoms with E-state index in [0.717, 1.165) is 5.69 Å². The maximum Gasteiger partial charge on any atom is 0.200 e. The number of nitrogens with one attached hydrogen (secondary N) is 1. The van der Waals surface area contributed by atoms with Crippen LogP contribution >= 0.6 is 11.6 Å². The lowest BCUT2D eigenvalue weighted by Crippen LogP contribution is -1.65. The van der Waals surface area contributed by atoms with Crippen LogP contribution < -0.4 is 0 Å². The molecule has 0 aromatic carbocycles. The summed E-state index contributed by atoms with van der Waals surface area (Å²) in [6.45, 7) is 1.93. The molecule has 0 amide bonds. The molecule has 0 aliphatic heterocycles. The summed E-state index contributed by atoms with van der Waals surface area (Å²) in [6, 6.07) is 0. The van der Waals surface area contributed by atoms with Gasteiger partial charge in [0, 0.05) is 6.20 Å². The van der Waals surface area contributed by atoms with Gasteiger partial charge in [-0.2, -0.15) is 0 Å². The van der Waals surface area contributed by atoms with E-state index < -0.39 is 0 Å². The minimum absolute atomic E-state index is 0.433. The molecular formula is C6H7ClN2. The van der Waals surface area contributed by atoms with Crippen molar-refractivity contribution in [2.24, 2.45) is 0 Å². The predicted molar refractivity (Wildman–Crippen MR) is 38.3 cm³/mol. The fourth-order valence-electron chi connectivity index (χ4n) is 0.568. The molecular weight excluding hydrogens is 136 g/mol. The quantitative estimate of drug-likeness (QED) is 0.639. The minimum atomic E-state index is 0.433. The average molecular weight is 143 g/mol. The van der Waals surface area contributed by atoms with Crippen LogP contribution in [0.2, 0.25) is 5.28 Å². The lowest BCUT2D eigenvalue weighted by Gasteiger charge is -1.74. The molecule has 1 rings (SSSR count). The summed E-state index contributed by atoms with van der Waals surface area (Å²) < 4.78 is 0. The van der Waals surface area contributed by atoms with Gasteiger partial charge in [-0.3, -0.25) is 0 Å². The first kappa shape index (κ1) is 6.36. The van der Waals surface area contributed by atoms with Crippen molar-refractivity contribution in [1.29, 1.82) is 0 Å². The third-order valence-electron chi connectivity index (χ3n) is 0.904. The van der Waals surface area contributed by atoms with Crippen molar-refractivity contribution in [3.8, 4) is 0 Å². The number of allylic oxidation sites excluding steroid dienone is 1. The second-order valence-corrected chi connectivity index (χ2v) is 1.97. The van der Waals surface area contributed by atoms with Crippen LogP contribution in [-0.2, 0) is 0 Å². The van der Waals surface area contributed by atoms with Gasteiger partial charge >= 0.3 is 0 Å². The third-order valence-corrected chi connectivity index (χ3v) is 1.10. The highest BCUT2D eigenvalue weighted by Gasteiger charge is 1.90. The Morgan fingerprint density at radius 1 is 1.78 bits per heavy atom. The van der Waals surface area contributed by atoms with Gasteiger partial charge in [0.1, 0.15) is 0 Å². The summed E-state index contributed by atoms with van der Waals surface area (Å²) >= 11 is 5.50. The number of H-pyrrole nitrogens is 1. The molecule has 0 aliphatic carbocycles. The second kappa shape index (κ2) is 2.69. The number of nitrogens with zero attached hydrogens (tertiary/aromatic N) is 1. The molecule has 0 aliphatic rings. The van der Waals surface area contributed by atoms with Crippen molar-refractivity contribution >= 4 is 17.7 Å². The van der Waals surface area contributed by atoms with E-state index in [1.165, 1.54) is 0 Å². The normalized spacial score (nSPS) is 10.9. The summed E-state index contributed by atoms with van der Waals surface area (Å²) in [5.74, 6) is 0. The Morgan fingerprint density at radius 2 is 2.56 bits per heavy atom. The van der Waals surface area contributed by atoms with Crippen LogP contribution in [0.15, 0.2) is 12.3 Å². The zero-order valence-corrected chi connectivity index (χ0v) is 5.81. The van der Waals surface area contributed by atoms with Crippen molar-refractivity contribution in [3.05, 3.63) is 23.3 Å². The van der Waals surface area contributed by atoms with E-state index in [0.29, 0.717) is 5.28 Å². The number of aromatic amines is 1. The van der Waals surface area contributed by atoms with E-state index >= 15 is 0 Å². The number of imidazole rings is 1. The van der Waals surface area contributed by atoms with Gasteiger partial charge in [0.15, 0.2) is 0 Å². The zero-order chi connectivity index (χ0) is 6.69. The molecule has 0 spiro atoms. The van der Waals surface area contributed by atoms with Gasteiger partial charge in [0.05, 0.1) is 5.69 Å². The van der Waals surface area contributed by atoms with Gasteiger partial charge < -0.3 is 4.98 Å². The van der Waals surface area contributed by atoms with E-state index in [9.17, 15) is 0 Å². The monoisotopic (exact) mass is 142 g/mol. The SMILES string of the molecule is CC=Cc1c[nH]c(Cl)n1. The van der Waals surface area contributed by atoms with E-state index in [4.69, 9.17) is 11.6 Å². The zero-order valence-electron chi connectivity index (χ0n) is 5.06. The average Bonchev–Trinajstić information content (AvgIpc) is 2.17. The fraction of sp³-hybridized carbons (Fsp3) is 0.167. The van der Waals surface area contributed by atoms with Crippen molar-refractivity contribution in [2.45, 2.75) is 6.92 Å². The molecule has 3 heteroatoms. The van der Waals surface area contributed by atoms with Crippen molar-refractivity contribution in [1.82, 2.24) is 9.97 Å². The summed E-state index contributed by atoms with van der Waals surface area (Å²) in [4.78, 5) is 6.68. The number of hydrogen-bond donors (Lipinski definition) is 1. The van der Waals surface area contributed by atoms with E-state index in [-0.39, 0.29) is 0 Å². The molecule has 0 saturated heterocycles. The molecule has 1 heterocycles. The Balaban J connectivity index is 2.85. The fourth-order valence-corrected chi connectivity index (χ4v) is 0.720. The van der Waals surface area contributed by atoms with Crippen LogP contribution in [0.1, 0.15) is 12.6 Å². The molecule has 0 radical (unpaired) electrons. The highest BCUT2D eigenvalue weighted by molar-refractivity contribution is 6.28. The Labute approximate surface area is 58.6 Å². The Kier molecular flexibility index (Phi) is 1.90. The molecule has 0 atom stereocenters. The predicted octanol–water partition coefficient (Wildman–Crippen LogP) is 2.10. The van der Waals surface area contributed by atoms with Gasteiger partial charge in [-0.05, 0) is 24.6 Å². The molecule has 0 saturated carbocycles. The summed E-state index contributed by atoms with van der Waals surface area (Å²) in [5.41, 5.74) is 0.863. The summed E-state index contributed by atoms with van der Waals surface area (Å²) in [5, 5.41) is 0.433. The van der Waals surface area contributed by atoms with Crippen LogP contribution in [0.3, 0.4) is 0 Å². The van der Waals surface area contributed by atoms with Crippen LogP contribution in [0.5, 0.6) is 0 Å². The lowest BCUT2D eigenvalue weighted by molar-refractivity contribution is 1.30. The number of hydrogen-bond acceptors (Lipinski definition) is 1. The van der Waals surface area contributed by atoms with Gasteiger partial charge in [0.25, 0.3) is 0 Å². The molecule has 9 heavy (non-hydrogen) atoms. The van der Waals surface area contributed by atoms with Gasteiger partial charge in [-0.15, -0.1) is 0 Å². The first-order valence-corrected chi connectivity index (χ1v) is 3.04. The molecule has 1 N–H and O–H groups in total.